The van der Waals surface area contributed by atoms with E-state index >= 15 is 0 Å². The first-order chi connectivity index (χ1) is 10.0. The molecule has 1 saturated heterocycles. The van der Waals surface area contributed by atoms with Gasteiger partial charge in [-0.15, -0.1) is 0 Å². The maximum Gasteiger partial charge on any atom is 0.243 e. The molecule has 2 rings (SSSR count). The van der Waals surface area contributed by atoms with Crippen LogP contribution >= 0.6 is 0 Å². The van der Waals surface area contributed by atoms with Crippen molar-refractivity contribution in [2.75, 3.05) is 26.0 Å². The lowest BCUT2D eigenvalue weighted by atomic mass is 10.1. The summed E-state index contributed by atoms with van der Waals surface area (Å²) in [6.45, 7) is 0.269. The number of methoxy groups -OCH3 is 1. The number of hydrogen-bond acceptors (Lipinski definition) is 5. The Morgan fingerprint density at radius 1 is 1.38 bits per heavy atom. The Kier molecular flexibility index (Phi) is 5.08. The van der Waals surface area contributed by atoms with Crippen LogP contribution in [0.5, 0.6) is 5.75 Å². The van der Waals surface area contributed by atoms with E-state index < -0.39 is 10.0 Å². The summed E-state index contributed by atoms with van der Waals surface area (Å²) >= 11 is 0. The molecule has 0 amide bonds. The number of nitrogen functional groups attached to an aromatic ring is 1. The zero-order valence-corrected chi connectivity index (χ0v) is 13.0. The number of nitrogens with two attached hydrogens (primary N) is 1. The molecular weight excluding hydrogens is 292 g/mol. The van der Waals surface area contributed by atoms with Crippen molar-refractivity contribution >= 4 is 15.7 Å². The third kappa shape index (κ3) is 3.30. The molecule has 1 aliphatic heterocycles. The monoisotopic (exact) mass is 314 g/mol. The lowest BCUT2D eigenvalue weighted by Crippen LogP contribution is -2.42. The molecule has 0 radical (unpaired) electrons. The predicted molar refractivity (Wildman–Crippen MR) is 80.6 cm³/mol. The molecule has 0 bridgehead atoms. The minimum Gasteiger partial charge on any atom is -0.495 e. The Bertz CT molecular complexity index is 589. The van der Waals surface area contributed by atoms with Crippen LogP contribution in [-0.4, -0.2) is 44.1 Å². The molecule has 21 heavy (non-hydrogen) atoms. The van der Waals surface area contributed by atoms with Gasteiger partial charge in [0.1, 0.15) is 5.75 Å². The van der Waals surface area contributed by atoms with Crippen molar-refractivity contribution in [1.82, 2.24) is 4.31 Å². The maximum atomic E-state index is 12.8. The number of benzene rings is 1. The van der Waals surface area contributed by atoms with Gasteiger partial charge in [0.2, 0.25) is 10.0 Å². The van der Waals surface area contributed by atoms with Crippen molar-refractivity contribution in [2.24, 2.45) is 0 Å². The Balaban J connectivity index is 2.39. The number of sulfonamides is 1. The van der Waals surface area contributed by atoms with Crippen molar-refractivity contribution in [3.8, 4) is 5.75 Å². The second-order valence-corrected chi connectivity index (χ2v) is 7.10. The van der Waals surface area contributed by atoms with Gasteiger partial charge in [0.25, 0.3) is 0 Å². The average Bonchev–Trinajstić information content (AvgIpc) is 2.73. The quantitative estimate of drug-likeness (QED) is 0.815. The topological polar surface area (TPSA) is 92.9 Å². The highest BCUT2D eigenvalue weighted by atomic mass is 32.2. The van der Waals surface area contributed by atoms with Gasteiger partial charge in [0.05, 0.1) is 24.3 Å². The zero-order chi connectivity index (χ0) is 15.5. The van der Waals surface area contributed by atoms with Crippen LogP contribution in [-0.2, 0) is 10.0 Å². The Hall–Kier alpha value is -1.31. The number of aliphatic hydroxyl groups is 1. The van der Waals surface area contributed by atoms with Crippen molar-refractivity contribution in [2.45, 2.75) is 36.6 Å². The summed E-state index contributed by atoms with van der Waals surface area (Å²) in [7, 11) is -2.21. The molecule has 1 unspecified atom stereocenters. The molecule has 7 heteroatoms. The molecule has 1 aromatic rings. The normalized spacial score (nSPS) is 21.0. The van der Waals surface area contributed by atoms with Gasteiger partial charge in [-0.1, -0.05) is 12.8 Å². The minimum atomic E-state index is -3.66. The van der Waals surface area contributed by atoms with Crippen LogP contribution < -0.4 is 10.5 Å². The van der Waals surface area contributed by atoms with Crippen LogP contribution in [0.2, 0.25) is 0 Å². The average molecular weight is 314 g/mol. The fourth-order valence-electron chi connectivity index (χ4n) is 2.64. The third-order valence-corrected chi connectivity index (χ3v) is 5.79. The largest absolute Gasteiger partial charge is 0.495 e. The van der Waals surface area contributed by atoms with Crippen molar-refractivity contribution in [3.63, 3.8) is 0 Å². The number of hydrogen-bond donors (Lipinski definition) is 2. The lowest BCUT2D eigenvalue weighted by molar-refractivity contribution is 0.186. The second kappa shape index (κ2) is 6.64. The number of nitrogens with zero attached hydrogens (tertiary/aromatic N) is 1. The highest BCUT2D eigenvalue weighted by Crippen LogP contribution is 2.29. The van der Waals surface area contributed by atoms with Gasteiger partial charge >= 0.3 is 0 Å². The molecule has 3 N–H and O–H groups in total. The fourth-order valence-corrected chi connectivity index (χ4v) is 4.34. The van der Waals surface area contributed by atoms with Crippen LogP contribution in [0.4, 0.5) is 5.69 Å². The van der Waals surface area contributed by atoms with E-state index in [0.29, 0.717) is 24.4 Å². The highest BCUT2D eigenvalue weighted by molar-refractivity contribution is 7.89. The van der Waals surface area contributed by atoms with Crippen molar-refractivity contribution in [1.29, 1.82) is 0 Å². The standard InChI is InChI=1S/C14H22N2O4S/c1-20-14-9-12(6-7-13(14)15)21(18,19)16-8-4-2-3-5-11(16)10-17/h6-7,9,11,17H,2-5,8,10,15H2,1H3. The zero-order valence-electron chi connectivity index (χ0n) is 12.2. The summed E-state index contributed by atoms with van der Waals surface area (Å²) in [6, 6.07) is 4.08. The molecule has 6 nitrogen and oxygen atoms in total. The summed E-state index contributed by atoms with van der Waals surface area (Å²) in [4.78, 5) is 0.147. The summed E-state index contributed by atoms with van der Waals surface area (Å²) in [6.07, 6.45) is 3.40. The molecule has 0 saturated carbocycles. The van der Waals surface area contributed by atoms with Gasteiger partial charge in [0, 0.05) is 18.7 Å². The van der Waals surface area contributed by atoms with E-state index in [-0.39, 0.29) is 17.5 Å². The minimum absolute atomic E-state index is 0.147. The first-order valence-electron chi connectivity index (χ1n) is 7.07. The van der Waals surface area contributed by atoms with E-state index in [1.165, 1.54) is 29.6 Å². The second-order valence-electron chi connectivity index (χ2n) is 5.21. The molecule has 1 heterocycles. The van der Waals surface area contributed by atoms with Crippen LogP contribution in [0.1, 0.15) is 25.7 Å². The molecule has 1 atom stereocenters. The SMILES string of the molecule is COc1cc(S(=O)(=O)N2CCCCCC2CO)ccc1N. The van der Waals surface area contributed by atoms with E-state index in [1.807, 2.05) is 0 Å². The molecule has 1 aromatic carbocycles. The van der Waals surface area contributed by atoms with Gasteiger partial charge in [-0.2, -0.15) is 4.31 Å². The van der Waals surface area contributed by atoms with E-state index in [1.54, 1.807) is 0 Å². The van der Waals surface area contributed by atoms with Gasteiger partial charge < -0.3 is 15.6 Å². The van der Waals surface area contributed by atoms with Gasteiger partial charge in [-0.3, -0.25) is 0 Å². The highest BCUT2D eigenvalue weighted by Gasteiger charge is 2.32. The summed E-state index contributed by atoms with van der Waals surface area (Å²) < 4.78 is 32.1. The fraction of sp³-hybridized carbons (Fsp3) is 0.571. The third-order valence-electron chi connectivity index (χ3n) is 3.85. The summed E-state index contributed by atoms with van der Waals surface area (Å²) in [5.41, 5.74) is 6.12. The van der Waals surface area contributed by atoms with Crippen LogP contribution in [0.25, 0.3) is 0 Å². The van der Waals surface area contributed by atoms with Crippen LogP contribution in [0.3, 0.4) is 0 Å². The summed E-state index contributed by atoms with van der Waals surface area (Å²) in [5.74, 6) is 0.339. The Morgan fingerprint density at radius 3 is 2.81 bits per heavy atom. The maximum absolute atomic E-state index is 12.8. The van der Waals surface area contributed by atoms with E-state index in [0.717, 1.165) is 19.3 Å². The van der Waals surface area contributed by atoms with E-state index in [2.05, 4.69) is 0 Å². The van der Waals surface area contributed by atoms with E-state index in [4.69, 9.17) is 10.5 Å². The summed E-state index contributed by atoms with van der Waals surface area (Å²) in [5, 5.41) is 9.49. The number of ether oxygens (including phenoxy) is 1. The molecule has 1 aliphatic rings. The molecule has 1 fully saturated rings. The Morgan fingerprint density at radius 2 is 2.14 bits per heavy atom. The first-order valence-corrected chi connectivity index (χ1v) is 8.51. The van der Waals surface area contributed by atoms with Crippen LogP contribution in [0, 0.1) is 0 Å². The first kappa shape index (κ1) is 16.1. The van der Waals surface area contributed by atoms with Crippen molar-refractivity contribution in [3.05, 3.63) is 18.2 Å². The Labute approximate surface area is 125 Å². The molecule has 0 aliphatic carbocycles. The molecule has 118 valence electrons. The number of anilines is 1. The molecule has 0 aromatic heterocycles. The van der Waals surface area contributed by atoms with Gasteiger partial charge in [0.15, 0.2) is 0 Å². The smallest absolute Gasteiger partial charge is 0.243 e. The van der Waals surface area contributed by atoms with E-state index in [9.17, 15) is 13.5 Å². The van der Waals surface area contributed by atoms with Gasteiger partial charge in [-0.25, -0.2) is 8.42 Å². The lowest BCUT2D eigenvalue weighted by Gasteiger charge is -2.27. The molecular formula is C14H22N2O4S. The number of aliphatic hydroxyl groups excluding tert-OH is 1. The molecule has 0 spiro atoms. The van der Waals surface area contributed by atoms with Crippen LogP contribution in [0.15, 0.2) is 23.1 Å². The van der Waals surface area contributed by atoms with Crippen molar-refractivity contribution < 1.29 is 18.3 Å². The number of rotatable bonds is 4. The van der Waals surface area contributed by atoms with Gasteiger partial charge in [-0.05, 0) is 25.0 Å². The predicted octanol–water partition coefficient (Wildman–Crippen LogP) is 1.20.